The molecule has 0 bridgehead atoms. The Hall–Kier alpha value is -3.26. The Labute approximate surface area is 166 Å². The molecule has 0 spiro atoms. The van der Waals surface area contributed by atoms with E-state index in [1.807, 2.05) is 6.92 Å². The van der Waals surface area contributed by atoms with Gasteiger partial charge in [0.1, 0.15) is 5.75 Å². The molecule has 0 N–H and O–H groups in total. The summed E-state index contributed by atoms with van der Waals surface area (Å²) < 4.78 is 10.3. The summed E-state index contributed by atoms with van der Waals surface area (Å²) in [4.78, 5) is 25.2. The fourth-order valence-corrected chi connectivity index (χ4v) is 2.44. The van der Waals surface area contributed by atoms with Crippen LogP contribution in [0.25, 0.3) is 11.4 Å². The number of nitrogens with zero attached hydrogens (tertiary/aromatic N) is 4. The van der Waals surface area contributed by atoms with E-state index < -0.39 is 5.97 Å². The van der Waals surface area contributed by atoms with Gasteiger partial charge in [0.15, 0.2) is 18.9 Å². The fourth-order valence-electron chi connectivity index (χ4n) is 2.32. The Morgan fingerprint density at radius 3 is 2.46 bits per heavy atom. The van der Waals surface area contributed by atoms with E-state index in [0.29, 0.717) is 28.8 Å². The van der Waals surface area contributed by atoms with Crippen molar-refractivity contribution >= 4 is 23.4 Å². The van der Waals surface area contributed by atoms with Gasteiger partial charge in [-0.1, -0.05) is 11.6 Å². The van der Waals surface area contributed by atoms with Crippen LogP contribution in [-0.4, -0.2) is 45.2 Å². The van der Waals surface area contributed by atoms with E-state index in [2.05, 4.69) is 15.4 Å². The summed E-state index contributed by atoms with van der Waals surface area (Å²) in [5.74, 6) is 0.0730. The zero-order chi connectivity index (χ0) is 19.9. The van der Waals surface area contributed by atoms with Crippen LogP contribution in [0.5, 0.6) is 5.75 Å². The lowest BCUT2D eigenvalue weighted by molar-refractivity contribution is -0.143. The van der Waals surface area contributed by atoms with Crippen molar-refractivity contribution in [1.82, 2.24) is 20.2 Å². The molecule has 0 amide bonds. The van der Waals surface area contributed by atoms with Crippen LogP contribution in [-0.2, 0) is 16.1 Å². The van der Waals surface area contributed by atoms with Gasteiger partial charge in [0.25, 0.3) is 0 Å². The zero-order valence-corrected chi connectivity index (χ0v) is 15.8. The van der Waals surface area contributed by atoms with Gasteiger partial charge in [-0.05, 0) is 60.7 Å². The number of hydrogen-bond acceptors (Lipinski definition) is 7. The second-order valence-corrected chi connectivity index (χ2v) is 6.13. The van der Waals surface area contributed by atoms with Gasteiger partial charge < -0.3 is 9.47 Å². The molecule has 28 heavy (non-hydrogen) atoms. The number of carbonyl (C=O) groups is 2. The topological polar surface area (TPSA) is 96.2 Å². The van der Waals surface area contributed by atoms with Crippen molar-refractivity contribution in [1.29, 1.82) is 0 Å². The first-order valence-corrected chi connectivity index (χ1v) is 8.88. The zero-order valence-electron chi connectivity index (χ0n) is 15.0. The first-order valence-electron chi connectivity index (χ1n) is 8.50. The summed E-state index contributed by atoms with van der Waals surface area (Å²) >= 11 is 5.84. The molecule has 1 aromatic heterocycles. The second-order valence-electron chi connectivity index (χ2n) is 5.69. The number of ketones is 1. The van der Waals surface area contributed by atoms with Gasteiger partial charge in [0, 0.05) is 16.1 Å². The highest BCUT2D eigenvalue weighted by atomic mass is 35.5. The normalized spacial score (nSPS) is 10.5. The van der Waals surface area contributed by atoms with Crippen LogP contribution in [0.4, 0.5) is 0 Å². The Morgan fingerprint density at radius 2 is 1.79 bits per heavy atom. The second kappa shape index (κ2) is 9.09. The van der Waals surface area contributed by atoms with Gasteiger partial charge in [0.2, 0.25) is 5.82 Å². The number of esters is 1. The van der Waals surface area contributed by atoms with E-state index in [0.717, 1.165) is 10.4 Å². The van der Waals surface area contributed by atoms with E-state index >= 15 is 0 Å². The Kier molecular flexibility index (Phi) is 6.33. The van der Waals surface area contributed by atoms with Crippen molar-refractivity contribution in [3.8, 4) is 17.1 Å². The summed E-state index contributed by atoms with van der Waals surface area (Å²) in [6.45, 7) is 1.80. The predicted octanol–water partition coefficient (Wildman–Crippen LogP) is 2.82. The number of aromatic nitrogens is 4. The lowest BCUT2D eigenvalue weighted by atomic mass is 10.1. The molecule has 2 aromatic carbocycles. The minimum Gasteiger partial charge on any atom is -0.494 e. The molecule has 1 heterocycles. The number of Topliss-reactive ketones (excluding diaryl/α,β-unsaturated/α-hetero) is 1. The molecule has 0 saturated carbocycles. The van der Waals surface area contributed by atoms with E-state index in [9.17, 15) is 9.59 Å². The highest BCUT2D eigenvalue weighted by Crippen LogP contribution is 2.17. The summed E-state index contributed by atoms with van der Waals surface area (Å²) in [6, 6.07) is 13.5. The molecule has 0 aliphatic rings. The first-order chi connectivity index (χ1) is 13.5. The van der Waals surface area contributed by atoms with Crippen LogP contribution in [0.1, 0.15) is 17.3 Å². The molecular formula is C19H17ClN4O4. The number of hydrogen-bond donors (Lipinski definition) is 0. The summed E-state index contributed by atoms with van der Waals surface area (Å²) in [5, 5.41) is 12.4. The molecule has 3 aromatic rings. The quantitative estimate of drug-likeness (QED) is 0.423. The van der Waals surface area contributed by atoms with Gasteiger partial charge in [0.05, 0.1) is 6.61 Å². The molecule has 0 fully saturated rings. The molecule has 0 unspecified atom stereocenters. The van der Waals surface area contributed by atoms with Crippen molar-refractivity contribution in [2.75, 3.05) is 13.2 Å². The number of carbonyl (C=O) groups excluding carboxylic acids is 2. The molecule has 9 heteroatoms. The number of tetrazole rings is 1. The largest absolute Gasteiger partial charge is 0.494 e. The minimum atomic E-state index is -0.639. The average Bonchev–Trinajstić information content (AvgIpc) is 3.16. The Bertz CT molecular complexity index is 955. The van der Waals surface area contributed by atoms with Crippen molar-refractivity contribution in [3.05, 3.63) is 59.1 Å². The van der Waals surface area contributed by atoms with Gasteiger partial charge in [-0.25, -0.2) is 4.79 Å². The van der Waals surface area contributed by atoms with Crippen molar-refractivity contribution in [2.45, 2.75) is 13.5 Å². The lowest BCUT2D eigenvalue weighted by Gasteiger charge is -2.05. The summed E-state index contributed by atoms with van der Waals surface area (Å²) in [7, 11) is 0. The standard InChI is InChI=1S/C19H17ClN4O4/c1-2-27-16-9-5-13(6-10-16)17(25)12-28-18(26)11-24-22-19(21-23-24)14-3-7-15(20)8-4-14/h3-10H,2,11-12H2,1H3. The predicted molar refractivity (Wildman–Crippen MR) is 101 cm³/mol. The molecule has 0 aliphatic heterocycles. The molecule has 0 saturated heterocycles. The first kappa shape index (κ1) is 19.5. The molecule has 3 rings (SSSR count). The SMILES string of the molecule is CCOc1ccc(C(=O)COC(=O)Cn2nnc(-c3ccc(Cl)cc3)n2)cc1. The van der Waals surface area contributed by atoms with Crippen LogP contribution in [0.15, 0.2) is 48.5 Å². The van der Waals surface area contributed by atoms with Crippen molar-refractivity contribution < 1.29 is 19.1 Å². The molecule has 0 atom stereocenters. The third-order valence-electron chi connectivity index (χ3n) is 3.68. The number of ether oxygens (including phenoxy) is 2. The molecule has 0 aliphatic carbocycles. The minimum absolute atomic E-state index is 0.253. The highest BCUT2D eigenvalue weighted by molar-refractivity contribution is 6.30. The third-order valence-corrected chi connectivity index (χ3v) is 3.93. The fraction of sp³-hybridized carbons (Fsp3) is 0.211. The maximum Gasteiger partial charge on any atom is 0.330 e. The maximum absolute atomic E-state index is 12.1. The highest BCUT2D eigenvalue weighted by Gasteiger charge is 2.13. The van der Waals surface area contributed by atoms with Crippen LogP contribution in [0, 0.1) is 0 Å². The van der Waals surface area contributed by atoms with E-state index in [4.69, 9.17) is 21.1 Å². The maximum atomic E-state index is 12.1. The van der Waals surface area contributed by atoms with Gasteiger partial charge in [-0.15, -0.1) is 10.2 Å². The van der Waals surface area contributed by atoms with Gasteiger partial charge >= 0.3 is 5.97 Å². The van der Waals surface area contributed by atoms with Crippen molar-refractivity contribution in [3.63, 3.8) is 0 Å². The molecule has 144 valence electrons. The monoisotopic (exact) mass is 400 g/mol. The Balaban J connectivity index is 1.51. The van der Waals surface area contributed by atoms with Gasteiger partial charge in [-0.3, -0.25) is 4.79 Å². The van der Waals surface area contributed by atoms with Crippen LogP contribution in [0.3, 0.4) is 0 Å². The van der Waals surface area contributed by atoms with E-state index in [-0.39, 0.29) is 18.9 Å². The third kappa shape index (κ3) is 5.14. The van der Waals surface area contributed by atoms with Crippen LogP contribution >= 0.6 is 11.6 Å². The molecule has 0 radical (unpaired) electrons. The van der Waals surface area contributed by atoms with Crippen LogP contribution in [0.2, 0.25) is 5.02 Å². The molecule has 8 nitrogen and oxygen atoms in total. The number of benzene rings is 2. The average molecular weight is 401 g/mol. The number of rotatable bonds is 8. The van der Waals surface area contributed by atoms with E-state index in [1.165, 1.54) is 0 Å². The van der Waals surface area contributed by atoms with Crippen LogP contribution < -0.4 is 4.74 Å². The van der Waals surface area contributed by atoms with Crippen molar-refractivity contribution in [2.24, 2.45) is 0 Å². The lowest BCUT2D eigenvalue weighted by Crippen LogP contribution is -2.19. The number of halogens is 1. The van der Waals surface area contributed by atoms with E-state index in [1.54, 1.807) is 48.5 Å². The smallest absolute Gasteiger partial charge is 0.330 e. The molecular weight excluding hydrogens is 384 g/mol. The summed E-state index contributed by atoms with van der Waals surface area (Å²) in [5.41, 5.74) is 1.15. The van der Waals surface area contributed by atoms with Gasteiger partial charge in [-0.2, -0.15) is 4.80 Å². The summed E-state index contributed by atoms with van der Waals surface area (Å²) in [6.07, 6.45) is 0. The Morgan fingerprint density at radius 1 is 1.07 bits per heavy atom.